The monoisotopic (exact) mass is 444 g/mol. The summed E-state index contributed by atoms with van der Waals surface area (Å²) in [4.78, 5) is 23.4. The van der Waals surface area contributed by atoms with Gasteiger partial charge < -0.3 is 20.2 Å². The first-order chi connectivity index (χ1) is 16.0. The van der Waals surface area contributed by atoms with Gasteiger partial charge in [-0.15, -0.1) is 11.5 Å². The van der Waals surface area contributed by atoms with Crippen LogP contribution >= 0.6 is 0 Å². The molecule has 1 aliphatic carbocycles. The highest BCUT2D eigenvalue weighted by molar-refractivity contribution is 6.00. The van der Waals surface area contributed by atoms with Crippen LogP contribution in [0.5, 0.6) is 0 Å². The number of benzene rings is 2. The van der Waals surface area contributed by atoms with Gasteiger partial charge in [-0.3, -0.25) is 9.59 Å². The molecule has 1 heterocycles. The summed E-state index contributed by atoms with van der Waals surface area (Å²) in [5.41, 5.74) is 3.28. The summed E-state index contributed by atoms with van der Waals surface area (Å²) in [5.74, 6) is 1.85. The number of carboxylic acids is 1. The Morgan fingerprint density at radius 3 is 2.30 bits per heavy atom. The summed E-state index contributed by atoms with van der Waals surface area (Å²) in [6.07, 6.45) is 9.41. The van der Waals surface area contributed by atoms with Gasteiger partial charge in [0.15, 0.2) is 0 Å². The molecule has 0 radical (unpaired) electrons. The molecule has 0 spiro atoms. The Morgan fingerprint density at radius 1 is 1.00 bits per heavy atom. The first-order valence-corrected chi connectivity index (χ1v) is 10.8. The molecule has 1 fully saturated rings. The molecule has 0 unspecified atom stereocenters. The molecule has 1 amide bonds. The van der Waals surface area contributed by atoms with Crippen LogP contribution in [0, 0.1) is 18.3 Å². The molecule has 168 valence electrons. The highest BCUT2D eigenvalue weighted by Crippen LogP contribution is 2.37. The number of carbonyl (C=O) groups is 2. The first kappa shape index (κ1) is 22.1. The first-order valence-electron chi connectivity index (χ1n) is 10.8. The van der Waals surface area contributed by atoms with E-state index in [1.165, 1.54) is 5.56 Å². The van der Waals surface area contributed by atoms with Crippen LogP contribution in [0.25, 0.3) is 0 Å². The minimum Gasteiger partial charge on any atom is -0.481 e. The predicted octanol–water partition coefficient (Wildman–Crippen LogP) is 4.80. The molecule has 8 nitrogen and oxygen atoms in total. The van der Waals surface area contributed by atoms with Crippen molar-refractivity contribution >= 4 is 29.3 Å². The molecular formula is C25H24N4O4. The van der Waals surface area contributed by atoms with Gasteiger partial charge in [-0.05, 0) is 79.5 Å². The molecule has 1 aliphatic rings. The third-order valence-corrected chi connectivity index (χ3v) is 5.87. The Balaban J connectivity index is 1.31. The fourth-order valence-electron chi connectivity index (χ4n) is 4.11. The second-order valence-corrected chi connectivity index (χ2v) is 8.15. The maximum absolute atomic E-state index is 12.5. The van der Waals surface area contributed by atoms with Gasteiger partial charge >= 0.3 is 23.8 Å². The van der Waals surface area contributed by atoms with Crippen molar-refractivity contribution in [1.82, 2.24) is 10.2 Å². The van der Waals surface area contributed by atoms with Crippen LogP contribution in [0.4, 0.5) is 17.4 Å². The Morgan fingerprint density at radius 2 is 1.67 bits per heavy atom. The van der Waals surface area contributed by atoms with Gasteiger partial charge in [-0.1, -0.05) is 23.2 Å². The Hall–Kier alpha value is -4.12. The van der Waals surface area contributed by atoms with Crippen LogP contribution in [-0.2, 0) is 4.79 Å². The summed E-state index contributed by atoms with van der Waals surface area (Å²) >= 11 is 0. The van der Waals surface area contributed by atoms with Crippen molar-refractivity contribution in [2.24, 2.45) is 5.92 Å². The van der Waals surface area contributed by atoms with Gasteiger partial charge in [0.05, 0.1) is 0 Å². The molecule has 0 atom stereocenters. The van der Waals surface area contributed by atoms with Crippen molar-refractivity contribution in [3.05, 3.63) is 65.5 Å². The smallest absolute Gasteiger partial charge is 0.320 e. The topological polar surface area (TPSA) is 117 Å². The van der Waals surface area contributed by atoms with Crippen LogP contribution in [0.15, 0.2) is 52.9 Å². The number of aliphatic carboxylic acids is 1. The lowest BCUT2D eigenvalue weighted by molar-refractivity contribution is -0.138. The van der Waals surface area contributed by atoms with E-state index in [1.807, 2.05) is 24.3 Å². The third kappa shape index (κ3) is 5.77. The molecule has 0 bridgehead atoms. The van der Waals surface area contributed by atoms with Crippen LogP contribution in [0.2, 0.25) is 0 Å². The lowest BCUT2D eigenvalue weighted by atomic mass is 9.77. The zero-order valence-corrected chi connectivity index (χ0v) is 18.0. The fourth-order valence-corrected chi connectivity index (χ4v) is 4.11. The minimum atomic E-state index is -0.721. The predicted molar refractivity (Wildman–Crippen MR) is 123 cm³/mol. The molecule has 2 aromatic carbocycles. The van der Waals surface area contributed by atoms with E-state index in [1.54, 1.807) is 24.3 Å². The summed E-state index contributed by atoms with van der Waals surface area (Å²) < 4.78 is 5.41. The van der Waals surface area contributed by atoms with E-state index in [0.29, 0.717) is 17.3 Å². The lowest BCUT2D eigenvalue weighted by Gasteiger charge is -2.28. The van der Waals surface area contributed by atoms with E-state index in [4.69, 9.17) is 15.9 Å². The van der Waals surface area contributed by atoms with E-state index < -0.39 is 11.9 Å². The van der Waals surface area contributed by atoms with E-state index in [9.17, 15) is 9.59 Å². The summed E-state index contributed by atoms with van der Waals surface area (Å²) in [5, 5.41) is 22.3. The van der Waals surface area contributed by atoms with Crippen molar-refractivity contribution in [2.75, 3.05) is 10.6 Å². The number of nitrogens with one attached hydrogen (secondary N) is 2. The van der Waals surface area contributed by atoms with Gasteiger partial charge in [-0.2, -0.15) is 0 Å². The number of nitrogens with zero attached hydrogens (tertiary/aromatic N) is 2. The zero-order chi connectivity index (χ0) is 23.2. The summed E-state index contributed by atoms with van der Waals surface area (Å²) in [6, 6.07) is 14.9. The molecule has 4 rings (SSSR count). The number of hydrogen-bond donors (Lipinski definition) is 3. The number of amides is 1. The Kier molecular flexibility index (Phi) is 6.69. The van der Waals surface area contributed by atoms with Gasteiger partial charge in [0.25, 0.3) is 0 Å². The van der Waals surface area contributed by atoms with Crippen molar-refractivity contribution < 1.29 is 19.1 Å². The van der Waals surface area contributed by atoms with Crippen LogP contribution < -0.4 is 10.6 Å². The maximum atomic E-state index is 12.5. The number of rotatable bonds is 7. The molecule has 1 saturated carbocycles. The van der Waals surface area contributed by atoms with Crippen LogP contribution in [-0.4, -0.2) is 27.2 Å². The SMILES string of the molecule is C#Cc1ccc(Nc2nnc(C(=O)Nc3ccc(C4CCC(CC(=O)O)CC4)cc3)o2)cc1. The van der Waals surface area contributed by atoms with Gasteiger partial charge in [-0.25, -0.2) is 0 Å². The Bertz CT molecular complexity index is 1150. The molecular weight excluding hydrogens is 420 g/mol. The normalized spacial score (nSPS) is 17.7. The molecule has 3 aromatic rings. The molecule has 0 saturated heterocycles. The number of carboxylic acid groups (broad SMARTS) is 1. The van der Waals surface area contributed by atoms with Crippen LogP contribution in [0.1, 0.15) is 59.8 Å². The Labute approximate surface area is 191 Å². The van der Waals surface area contributed by atoms with Gasteiger partial charge in [0.2, 0.25) is 0 Å². The third-order valence-electron chi connectivity index (χ3n) is 5.87. The van der Waals surface area contributed by atoms with Crippen molar-refractivity contribution in [1.29, 1.82) is 0 Å². The average Bonchev–Trinajstić information content (AvgIpc) is 3.29. The van der Waals surface area contributed by atoms with Crippen molar-refractivity contribution in [2.45, 2.75) is 38.0 Å². The second kappa shape index (κ2) is 10.0. The van der Waals surface area contributed by atoms with E-state index >= 15 is 0 Å². The van der Waals surface area contributed by atoms with E-state index in [0.717, 1.165) is 31.2 Å². The summed E-state index contributed by atoms with van der Waals surface area (Å²) in [7, 11) is 0. The number of carbonyl (C=O) groups excluding carboxylic acids is 1. The van der Waals surface area contributed by atoms with Crippen molar-refractivity contribution in [3.8, 4) is 12.3 Å². The molecule has 3 N–H and O–H groups in total. The molecule has 33 heavy (non-hydrogen) atoms. The standard InChI is InChI=1S/C25H24N4O4/c1-2-16-5-11-21(12-6-16)27-25-29-28-24(33-25)23(32)26-20-13-9-19(10-14-20)18-7-3-17(4-8-18)15-22(30)31/h1,5-6,9-14,17-18H,3-4,7-8,15H2,(H,26,32)(H,27,29)(H,30,31). The zero-order valence-electron chi connectivity index (χ0n) is 18.0. The van der Waals surface area contributed by atoms with E-state index in [-0.39, 0.29) is 24.2 Å². The highest BCUT2D eigenvalue weighted by atomic mass is 16.4. The second-order valence-electron chi connectivity index (χ2n) is 8.15. The van der Waals surface area contributed by atoms with Gasteiger partial charge in [0, 0.05) is 23.4 Å². The average molecular weight is 444 g/mol. The highest BCUT2D eigenvalue weighted by Gasteiger charge is 2.24. The fraction of sp³-hybridized carbons (Fsp3) is 0.280. The maximum Gasteiger partial charge on any atom is 0.320 e. The lowest BCUT2D eigenvalue weighted by Crippen LogP contribution is -2.16. The van der Waals surface area contributed by atoms with Crippen LogP contribution in [0.3, 0.4) is 0 Å². The van der Waals surface area contributed by atoms with Crippen molar-refractivity contribution in [3.63, 3.8) is 0 Å². The minimum absolute atomic E-state index is 0.0995. The van der Waals surface area contributed by atoms with Gasteiger partial charge in [0.1, 0.15) is 0 Å². The quantitative estimate of drug-likeness (QED) is 0.448. The number of anilines is 3. The summed E-state index contributed by atoms with van der Waals surface area (Å²) in [6.45, 7) is 0. The number of aromatic nitrogens is 2. The molecule has 0 aliphatic heterocycles. The number of terminal acetylenes is 1. The number of hydrogen-bond acceptors (Lipinski definition) is 6. The molecule has 8 heteroatoms. The van der Waals surface area contributed by atoms with E-state index in [2.05, 4.69) is 26.8 Å². The molecule has 1 aromatic heterocycles. The largest absolute Gasteiger partial charge is 0.481 e.